The average Bonchev–Trinajstić information content (AvgIpc) is 2.62. The first-order chi connectivity index (χ1) is 12.9. The molecule has 1 heterocycles. The van der Waals surface area contributed by atoms with Crippen LogP contribution in [0.4, 0.5) is 11.4 Å². The summed E-state index contributed by atoms with van der Waals surface area (Å²) >= 11 is 12.3. The summed E-state index contributed by atoms with van der Waals surface area (Å²) in [5.74, 6) is -1.83. The van der Waals surface area contributed by atoms with Gasteiger partial charge in [-0.25, -0.2) is 4.79 Å². The first-order valence-electron chi connectivity index (χ1n) is 7.94. The van der Waals surface area contributed by atoms with E-state index in [-0.39, 0.29) is 17.7 Å². The molecule has 0 bridgehead atoms. The molecule has 0 atom stereocenters. The monoisotopic (exact) mass is 403 g/mol. The number of anilines is 2. The second kappa shape index (κ2) is 7.82. The minimum atomic E-state index is -1.28. The molecule has 0 aliphatic carbocycles. The van der Waals surface area contributed by atoms with E-state index in [1.807, 2.05) is 0 Å². The topological polar surface area (TPSA) is 91.3 Å². The van der Waals surface area contributed by atoms with Gasteiger partial charge in [-0.1, -0.05) is 35.3 Å². The van der Waals surface area contributed by atoms with Crippen LogP contribution in [0.2, 0.25) is 10.0 Å². The number of benzene rings is 2. The molecule has 0 saturated carbocycles. The number of halogens is 2. The van der Waals surface area contributed by atoms with Crippen molar-refractivity contribution in [1.82, 2.24) is 4.98 Å². The number of carbonyl (C=O) groups is 2. The molecule has 0 unspecified atom stereocenters. The molecule has 0 aliphatic heterocycles. The van der Waals surface area contributed by atoms with E-state index < -0.39 is 11.9 Å². The Labute approximate surface area is 164 Å². The van der Waals surface area contributed by atoms with Crippen LogP contribution in [0.5, 0.6) is 0 Å². The molecule has 3 aromatic rings. The summed E-state index contributed by atoms with van der Waals surface area (Å²) in [7, 11) is 0. The van der Waals surface area contributed by atoms with Crippen molar-refractivity contribution in [2.45, 2.75) is 6.92 Å². The number of pyridine rings is 1. The molecule has 0 amide bonds. The van der Waals surface area contributed by atoms with Crippen LogP contribution in [0.3, 0.4) is 0 Å². The molecule has 6 nitrogen and oxygen atoms in total. The maximum Gasteiger partial charge on any atom is 0.341 e. The molecule has 1 aromatic heterocycles. The van der Waals surface area contributed by atoms with Crippen molar-refractivity contribution in [3.63, 3.8) is 0 Å². The Hall–Kier alpha value is -2.83. The maximum atomic E-state index is 12.4. The summed E-state index contributed by atoms with van der Waals surface area (Å²) in [4.78, 5) is 27.5. The van der Waals surface area contributed by atoms with Gasteiger partial charge in [0.15, 0.2) is 0 Å². The molecule has 138 valence electrons. The van der Waals surface area contributed by atoms with Crippen molar-refractivity contribution in [1.29, 1.82) is 0 Å². The Morgan fingerprint density at radius 2 is 1.89 bits per heavy atom. The highest BCUT2D eigenvalue weighted by molar-refractivity contribution is 6.38. The number of hydrogen-bond donors (Lipinski definition) is 1. The van der Waals surface area contributed by atoms with Crippen LogP contribution in [0.15, 0.2) is 42.6 Å². The molecule has 2 aromatic carbocycles. The zero-order valence-corrected chi connectivity index (χ0v) is 15.6. The van der Waals surface area contributed by atoms with Crippen molar-refractivity contribution in [3.05, 3.63) is 63.8 Å². The van der Waals surface area contributed by atoms with Gasteiger partial charge in [-0.15, -0.1) is 0 Å². The van der Waals surface area contributed by atoms with E-state index in [1.165, 1.54) is 18.3 Å². The van der Waals surface area contributed by atoms with Crippen LogP contribution in [-0.2, 0) is 4.74 Å². The summed E-state index contributed by atoms with van der Waals surface area (Å²) in [6.45, 7) is 1.90. The molecule has 27 heavy (non-hydrogen) atoms. The molecule has 0 radical (unpaired) electrons. The zero-order valence-electron chi connectivity index (χ0n) is 14.1. The van der Waals surface area contributed by atoms with E-state index in [0.717, 1.165) is 0 Å². The van der Waals surface area contributed by atoms with Crippen LogP contribution in [-0.4, -0.2) is 23.5 Å². The van der Waals surface area contributed by atoms with Crippen molar-refractivity contribution in [2.75, 3.05) is 11.9 Å². The molecule has 3 rings (SSSR count). The fourth-order valence-corrected chi connectivity index (χ4v) is 3.10. The number of rotatable bonds is 5. The van der Waals surface area contributed by atoms with Gasteiger partial charge in [0.1, 0.15) is 5.56 Å². The Bertz CT molecular complexity index is 1040. The number of ether oxygens (including phenoxy) is 1. The molecule has 8 heteroatoms. The largest absolute Gasteiger partial charge is 0.545 e. The van der Waals surface area contributed by atoms with Crippen molar-refractivity contribution in [2.24, 2.45) is 0 Å². The molecule has 0 saturated heterocycles. The van der Waals surface area contributed by atoms with Gasteiger partial charge in [0.2, 0.25) is 0 Å². The lowest BCUT2D eigenvalue weighted by Gasteiger charge is -2.15. The van der Waals surface area contributed by atoms with Crippen LogP contribution in [0.1, 0.15) is 27.6 Å². The van der Waals surface area contributed by atoms with Gasteiger partial charge in [0, 0.05) is 22.3 Å². The molecular weight excluding hydrogens is 391 g/mol. The molecule has 0 fully saturated rings. The Morgan fingerprint density at radius 1 is 1.19 bits per heavy atom. The number of fused-ring (bicyclic) bond motifs is 1. The lowest BCUT2D eigenvalue weighted by atomic mass is 10.1. The second-order valence-electron chi connectivity index (χ2n) is 5.54. The highest BCUT2D eigenvalue weighted by Crippen LogP contribution is 2.35. The standard InChI is InChI=1S/C19H14Cl2N2O4/c1-2-27-19(26)14-9-22-17-13(7-11(20)8-15(17)21)16(14)23-12-5-3-10(4-6-12)18(24)25/h3-9H,2H2,1H3,(H,22,23)(H,24,25)/p-1. The highest BCUT2D eigenvalue weighted by Gasteiger charge is 2.18. The number of nitrogens with one attached hydrogen (secondary N) is 1. The summed E-state index contributed by atoms with van der Waals surface area (Å²) in [5.41, 5.74) is 1.66. The molecule has 0 aliphatic rings. The van der Waals surface area contributed by atoms with Gasteiger partial charge in [-0.3, -0.25) is 4.98 Å². The van der Waals surface area contributed by atoms with E-state index >= 15 is 0 Å². The molecular formula is C19H13Cl2N2O4-. The van der Waals surface area contributed by atoms with Crippen molar-refractivity contribution in [3.8, 4) is 0 Å². The summed E-state index contributed by atoms with van der Waals surface area (Å²) in [6.07, 6.45) is 1.37. The number of carboxylic acid groups (broad SMARTS) is 1. The lowest BCUT2D eigenvalue weighted by Crippen LogP contribution is -2.21. The predicted molar refractivity (Wildman–Crippen MR) is 102 cm³/mol. The second-order valence-corrected chi connectivity index (χ2v) is 6.38. The van der Waals surface area contributed by atoms with Crippen LogP contribution < -0.4 is 10.4 Å². The maximum absolute atomic E-state index is 12.4. The van der Waals surface area contributed by atoms with Crippen LogP contribution >= 0.6 is 23.2 Å². The van der Waals surface area contributed by atoms with Crippen molar-refractivity contribution >= 4 is 57.4 Å². The van der Waals surface area contributed by atoms with Crippen LogP contribution in [0.25, 0.3) is 10.9 Å². The number of carboxylic acids is 1. The normalized spacial score (nSPS) is 10.6. The van der Waals surface area contributed by atoms with E-state index in [0.29, 0.717) is 32.3 Å². The minimum absolute atomic E-state index is 0.0387. The van der Waals surface area contributed by atoms with Gasteiger partial charge in [0.25, 0.3) is 0 Å². The molecule has 1 N–H and O–H groups in total. The summed E-state index contributed by atoms with van der Waals surface area (Å²) < 4.78 is 5.10. The number of carbonyl (C=O) groups excluding carboxylic acids is 2. The number of hydrogen-bond acceptors (Lipinski definition) is 6. The SMILES string of the molecule is CCOC(=O)c1cnc2c(Cl)cc(Cl)cc2c1Nc1ccc(C(=O)[O-])cc1. The van der Waals surface area contributed by atoms with E-state index in [2.05, 4.69) is 10.3 Å². The molecule has 0 spiro atoms. The lowest BCUT2D eigenvalue weighted by molar-refractivity contribution is -0.255. The number of aromatic carboxylic acids is 1. The average molecular weight is 404 g/mol. The van der Waals surface area contributed by atoms with Gasteiger partial charge in [-0.2, -0.15) is 0 Å². The van der Waals surface area contributed by atoms with E-state index in [9.17, 15) is 14.7 Å². The van der Waals surface area contributed by atoms with Gasteiger partial charge >= 0.3 is 5.97 Å². The van der Waals surface area contributed by atoms with E-state index in [1.54, 1.807) is 31.2 Å². The first kappa shape index (κ1) is 18.9. The number of esters is 1. The fourth-order valence-electron chi connectivity index (χ4n) is 2.56. The van der Waals surface area contributed by atoms with Gasteiger partial charge in [-0.05, 0) is 36.8 Å². The van der Waals surface area contributed by atoms with E-state index in [4.69, 9.17) is 27.9 Å². The zero-order chi connectivity index (χ0) is 19.6. The summed E-state index contributed by atoms with van der Waals surface area (Å²) in [6, 6.07) is 9.09. The smallest absolute Gasteiger partial charge is 0.341 e. The number of aromatic nitrogens is 1. The minimum Gasteiger partial charge on any atom is -0.545 e. The fraction of sp³-hybridized carbons (Fsp3) is 0.105. The Balaban J connectivity index is 2.16. The van der Waals surface area contributed by atoms with Crippen molar-refractivity contribution < 1.29 is 19.4 Å². The third-order valence-corrected chi connectivity index (χ3v) is 4.28. The summed E-state index contributed by atoms with van der Waals surface area (Å²) in [5, 5.41) is 15.3. The first-order valence-corrected chi connectivity index (χ1v) is 8.69. The van der Waals surface area contributed by atoms with Gasteiger partial charge < -0.3 is 20.0 Å². The Morgan fingerprint density at radius 3 is 2.52 bits per heavy atom. The quantitative estimate of drug-likeness (QED) is 0.650. The third-order valence-electron chi connectivity index (χ3n) is 3.77. The van der Waals surface area contributed by atoms with Crippen LogP contribution in [0, 0.1) is 0 Å². The predicted octanol–water partition coefficient (Wildman–Crippen LogP) is 3.83. The highest BCUT2D eigenvalue weighted by atomic mass is 35.5. The van der Waals surface area contributed by atoms with Gasteiger partial charge in [0.05, 0.1) is 28.8 Å². The third kappa shape index (κ3) is 3.97. The number of nitrogens with zero attached hydrogens (tertiary/aromatic N) is 1. The Kier molecular flexibility index (Phi) is 5.48.